The van der Waals surface area contributed by atoms with Crippen LogP contribution in [0.5, 0.6) is 0 Å². The molecule has 2 aliphatic rings. The number of rotatable bonds is 3. The molecule has 0 aromatic heterocycles. The van der Waals surface area contributed by atoms with Crippen LogP contribution in [0.2, 0.25) is 0 Å². The largest absolute Gasteiger partial charge is 0.311 e. The first-order valence-corrected chi connectivity index (χ1v) is 8.82. The third-order valence-corrected chi connectivity index (χ3v) is 5.80. The summed E-state index contributed by atoms with van der Waals surface area (Å²) in [6, 6.07) is 2.26. The van der Waals surface area contributed by atoms with Gasteiger partial charge in [0.2, 0.25) is 0 Å². The highest BCUT2D eigenvalue weighted by Crippen LogP contribution is 2.28. The Morgan fingerprint density at radius 3 is 2.50 bits per heavy atom. The third kappa shape index (κ3) is 3.43. The van der Waals surface area contributed by atoms with E-state index in [2.05, 4.69) is 49.7 Å². The highest BCUT2D eigenvalue weighted by molar-refractivity contribution is 7.99. The maximum Gasteiger partial charge on any atom is 0.0247 e. The monoisotopic (exact) mass is 270 g/mol. The van der Waals surface area contributed by atoms with Crippen LogP contribution < -0.4 is 5.32 Å². The summed E-state index contributed by atoms with van der Waals surface area (Å²) in [4.78, 5) is 2.85. The zero-order chi connectivity index (χ0) is 13.1. The Kier molecular flexibility index (Phi) is 5.40. The summed E-state index contributed by atoms with van der Waals surface area (Å²) in [5.74, 6) is 4.24. The van der Waals surface area contributed by atoms with E-state index in [4.69, 9.17) is 0 Å². The molecule has 3 heteroatoms. The molecule has 3 unspecified atom stereocenters. The Balaban J connectivity index is 2.03. The molecule has 2 aliphatic heterocycles. The molecule has 18 heavy (non-hydrogen) atoms. The van der Waals surface area contributed by atoms with Gasteiger partial charge in [0.15, 0.2) is 0 Å². The number of nitrogens with zero attached hydrogens (tertiary/aromatic N) is 1. The zero-order valence-electron chi connectivity index (χ0n) is 12.5. The van der Waals surface area contributed by atoms with Gasteiger partial charge >= 0.3 is 0 Å². The fourth-order valence-corrected chi connectivity index (χ4v) is 4.45. The highest BCUT2D eigenvalue weighted by atomic mass is 32.2. The second-order valence-corrected chi connectivity index (χ2v) is 7.79. The molecule has 2 fully saturated rings. The third-order valence-electron chi connectivity index (χ3n) is 4.60. The van der Waals surface area contributed by atoms with Crippen LogP contribution in [0.25, 0.3) is 0 Å². The average Bonchev–Trinajstić information content (AvgIpc) is 2.39. The van der Waals surface area contributed by atoms with E-state index in [0.717, 1.165) is 23.9 Å². The fraction of sp³-hybridized carbons (Fsp3) is 1.00. The molecule has 2 heterocycles. The van der Waals surface area contributed by atoms with Crippen molar-refractivity contribution in [3.63, 3.8) is 0 Å². The molecule has 0 aliphatic carbocycles. The van der Waals surface area contributed by atoms with Crippen molar-refractivity contribution >= 4 is 11.8 Å². The SMILES string of the molecule is CC(C)C1CN(C2CCCSC2)C(C(C)C)CN1. The number of hydrogen-bond acceptors (Lipinski definition) is 3. The van der Waals surface area contributed by atoms with Gasteiger partial charge in [-0.2, -0.15) is 11.8 Å². The number of piperazine rings is 1. The maximum absolute atomic E-state index is 3.77. The lowest BCUT2D eigenvalue weighted by molar-refractivity contribution is 0.0492. The van der Waals surface area contributed by atoms with Crippen molar-refractivity contribution in [1.29, 1.82) is 0 Å². The predicted octanol–water partition coefficient (Wildman–Crippen LogP) is 2.84. The lowest BCUT2D eigenvalue weighted by Gasteiger charge is -2.48. The van der Waals surface area contributed by atoms with Crippen molar-refractivity contribution in [2.75, 3.05) is 24.6 Å². The summed E-state index contributed by atoms with van der Waals surface area (Å²) in [5, 5.41) is 3.77. The molecule has 3 atom stereocenters. The summed E-state index contributed by atoms with van der Waals surface area (Å²) in [5.41, 5.74) is 0. The average molecular weight is 270 g/mol. The van der Waals surface area contributed by atoms with Crippen LogP contribution >= 0.6 is 11.8 Å². The van der Waals surface area contributed by atoms with Crippen LogP contribution in [0.15, 0.2) is 0 Å². The van der Waals surface area contributed by atoms with E-state index < -0.39 is 0 Å². The van der Waals surface area contributed by atoms with Crippen molar-refractivity contribution in [1.82, 2.24) is 10.2 Å². The maximum atomic E-state index is 3.77. The fourth-order valence-electron chi connectivity index (χ4n) is 3.29. The van der Waals surface area contributed by atoms with Crippen LogP contribution in [0.1, 0.15) is 40.5 Å². The lowest BCUT2D eigenvalue weighted by atomic mass is 9.92. The molecule has 2 rings (SSSR count). The normalized spacial score (nSPS) is 35.3. The smallest absolute Gasteiger partial charge is 0.0247 e. The Labute approximate surface area is 117 Å². The first kappa shape index (κ1) is 14.7. The Hall–Kier alpha value is 0.270. The van der Waals surface area contributed by atoms with E-state index in [1.54, 1.807) is 0 Å². The van der Waals surface area contributed by atoms with Crippen molar-refractivity contribution < 1.29 is 0 Å². The molecule has 0 amide bonds. The van der Waals surface area contributed by atoms with E-state index in [0.29, 0.717) is 6.04 Å². The van der Waals surface area contributed by atoms with Crippen molar-refractivity contribution in [3.05, 3.63) is 0 Å². The van der Waals surface area contributed by atoms with Gasteiger partial charge in [-0.15, -0.1) is 0 Å². The van der Waals surface area contributed by atoms with Gasteiger partial charge < -0.3 is 5.32 Å². The second kappa shape index (κ2) is 6.62. The van der Waals surface area contributed by atoms with E-state index in [1.165, 1.54) is 37.4 Å². The summed E-state index contributed by atoms with van der Waals surface area (Å²) in [6.45, 7) is 11.9. The standard InChI is InChI=1S/C15H30N2S/c1-11(2)14-9-17(13-6-5-7-18-10-13)15(8-16-14)12(3)4/h11-16H,5-10H2,1-4H3. The van der Waals surface area contributed by atoms with Gasteiger partial charge in [-0.25, -0.2) is 0 Å². The number of hydrogen-bond donors (Lipinski definition) is 1. The molecular formula is C15H30N2S. The minimum Gasteiger partial charge on any atom is -0.311 e. The highest BCUT2D eigenvalue weighted by Gasteiger charge is 2.35. The number of nitrogens with one attached hydrogen (secondary N) is 1. The predicted molar refractivity (Wildman–Crippen MR) is 82.3 cm³/mol. The van der Waals surface area contributed by atoms with Crippen molar-refractivity contribution in [3.8, 4) is 0 Å². The summed E-state index contributed by atoms with van der Waals surface area (Å²) >= 11 is 2.16. The first-order chi connectivity index (χ1) is 8.59. The first-order valence-electron chi connectivity index (χ1n) is 7.66. The molecule has 2 saturated heterocycles. The van der Waals surface area contributed by atoms with Gasteiger partial charge in [0.05, 0.1) is 0 Å². The summed E-state index contributed by atoms with van der Waals surface area (Å²) in [7, 11) is 0. The van der Waals surface area contributed by atoms with Crippen molar-refractivity contribution in [2.45, 2.75) is 58.7 Å². The van der Waals surface area contributed by atoms with Crippen LogP contribution in [-0.4, -0.2) is 47.6 Å². The van der Waals surface area contributed by atoms with Crippen LogP contribution in [0, 0.1) is 11.8 Å². The van der Waals surface area contributed by atoms with Gasteiger partial charge in [-0.3, -0.25) is 4.90 Å². The van der Waals surface area contributed by atoms with Gasteiger partial charge in [0.25, 0.3) is 0 Å². The topological polar surface area (TPSA) is 15.3 Å². The Morgan fingerprint density at radius 1 is 1.17 bits per heavy atom. The number of thioether (sulfide) groups is 1. The molecule has 0 bridgehead atoms. The summed E-state index contributed by atoms with van der Waals surface area (Å²) < 4.78 is 0. The molecule has 106 valence electrons. The molecular weight excluding hydrogens is 240 g/mol. The minimum absolute atomic E-state index is 0.687. The zero-order valence-corrected chi connectivity index (χ0v) is 13.3. The van der Waals surface area contributed by atoms with E-state index in [-0.39, 0.29) is 0 Å². The minimum atomic E-state index is 0.687. The van der Waals surface area contributed by atoms with Gasteiger partial charge in [0.1, 0.15) is 0 Å². The van der Waals surface area contributed by atoms with E-state index >= 15 is 0 Å². The molecule has 0 spiro atoms. The molecule has 0 aromatic carbocycles. The van der Waals surface area contributed by atoms with Gasteiger partial charge in [-0.05, 0) is 30.4 Å². The van der Waals surface area contributed by atoms with E-state index in [1.807, 2.05) is 0 Å². The van der Waals surface area contributed by atoms with Crippen molar-refractivity contribution in [2.24, 2.45) is 11.8 Å². The van der Waals surface area contributed by atoms with Gasteiger partial charge in [-0.1, -0.05) is 27.7 Å². The Bertz CT molecular complexity index is 249. The van der Waals surface area contributed by atoms with Crippen LogP contribution in [-0.2, 0) is 0 Å². The van der Waals surface area contributed by atoms with Crippen LogP contribution in [0.3, 0.4) is 0 Å². The molecule has 0 saturated carbocycles. The Morgan fingerprint density at radius 2 is 1.94 bits per heavy atom. The van der Waals surface area contributed by atoms with E-state index in [9.17, 15) is 0 Å². The molecule has 0 radical (unpaired) electrons. The van der Waals surface area contributed by atoms with Crippen LogP contribution in [0.4, 0.5) is 0 Å². The molecule has 0 aromatic rings. The summed E-state index contributed by atoms with van der Waals surface area (Å²) in [6.07, 6.45) is 2.83. The quantitative estimate of drug-likeness (QED) is 0.849. The van der Waals surface area contributed by atoms with Gasteiger partial charge in [0, 0.05) is 37.0 Å². The molecule has 2 nitrogen and oxygen atoms in total. The lowest BCUT2D eigenvalue weighted by Crippen LogP contribution is -2.63. The second-order valence-electron chi connectivity index (χ2n) is 6.64. The molecule has 1 N–H and O–H groups in total.